The van der Waals surface area contributed by atoms with Crippen LogP contribution in [0, 0.1) is 6.92 Å². The SMILES string of the molecule is Cc1cc2c(c(NC(=O)c3snnc3C(C)C)nn2C)c(=O)n1C. The maximum absolute atomic E-state index is 12.6. The van der Waals surface area contributed by atoms with Crippen molar-refractivity contribution in [3.05, 3.63) is 32.7 Å². The van der Waals surface area contributed by atoms with Gasteiger partial charge in [0.15, 0.2) is 5.82 Å². The highest BCUT2D eigenvalue weighted by atomic mass is 32.1. The molecule has 3 heterocycles. The Labute approximate surface area is 142 Å². The van der Waals surface area contributed by atoms with Gasteiger partial charge < -0.3 is 9.88 Å². The number of fused-ring (bicyclic) bond motifs is 1. The fourth-order valence-electron chi connectivity index (χ4n) is 2.52. The van der Waals surface area contributed by atoms with E-state index < -0.39 is 0 Å². The summed E-state index contributed by atoms with van der Waals surface area (Å²) in [5.41, 5.74) is 1.95. The van der Waals surface area contributed by atoms with Crippen LogP contribution in [0.2, 0.25) is 0 Å². The molecule has 0 aliphatic heterocycles. The van der Waals surface area contributed by atoms with Crippen LogP contribution in [0.4, 0.5) is 5.82 Å². The Kier molecular flexibility index (Phi) is 3.96. The van der Waals surface area contributed by atoms with Crippen molar-refractivity contribution in [2.24, 2.45) is 14.1 Å². The van der Waals surface area contributed by atoms with Crippen LogP contribution in [-0.2, 0) is 14.1 Å². The third-order valence-corrected chi connectivity index (χ3v) is 4.72. The first kappa shape index (κ1) is 16.3. The molecule has 0 atom stereocenters. The third kappa shape index (κ3) is 2.50. The Bertz CT molecular complexity index is 997. The van der Waals surface area contributed by atoms with Crippen molar-refractivity contribution in [1.82, 2.24) is 23.9 Å². The maximum atomic E-state index is 12.6. The van der Waals surface area contributed by atoms with Crippen LogP contribution >= 0.6 is 11.5 Å². The fourth-order valence-corrected chi connectivity index (χ4v) is 3.24. The Balaban J connectivity index is 2.08. The summed E-state index contributed by atoms with van der Waals surface area (Å²) in [7, 11) is 3.43. The van der Waals surface area contributed by atoms with Crippen LogP contribution in [0.25, 0.3) is 10.9 Å². The highest BCUT2D eigenvalue weighted by molar-refractivity contribution is 7.08. The Morgan fingerprint density at radius 1 is 1.33 bits per heavy atom. The van der Waals surface area contributed by atoms with Crippen LogP contribution in [0.5, 0.6) is 0 Å². The number of nitrogens with one attached hydrogen (secondary N) is 1. The number of hydrogen-bond donors (Lipinski definition) is 1. The van der Waals surface area contributed by atoms with Crippen molar-refractivity contribution in [2.75, 3.05) is 5.32 Å². The summed E-state index contributed by atoms with van der Waals surface area (Å²) in [6.07, 6.45) is 0. The van der Waals surface area contributed by atoms with Crippen molar-refractivity contribution in [3.63, 3.8) is 0 Å². The summed E-state index contributed by atoms with van der Waals surface area (Å²) < 4.78 is 6.98. The van der Waals surface area contributed by atoms with Crippen molar-refractivity contribution in [3.8, 4) is 0 Å². The lowest BCUT2D eigenvalue weighted by atomic mass is 10.1. The van der Waals surface area contributed by atoms with E-state index in [0.717, 1.165) is 17.2 Å². The van der Waals surface area contributed by atoms with E-state index in [-0.39, 0.29) is 23.2 Å². The molecule has 0 bridgehead atoms. The number of aryl methyl sites for hydroxylation is 2. The van der Waals surface area contributed by atoms with E-state index in [2.05, 4.69) is 20.0 Å². The van der Waals surface area contributed by atoms with Gasteiger partial charge in [-0.3, -0.25) is 14.3 Å². The van der Waals surface area contributed by atoms with Gasteiger partial charge in [-0.05, 0) is 30.4 Å². The van der Waals surface area contributed by atoms with E-state index >= 15 is 0 Å². The first-order valence-electron chi connectivity index (χ1n) is 7.48. The van der Waals surface area contributed by atoms with E-state index in [1.807, 2.05) is 26.8 Å². The largest absolute Gasteiger partial charge is 0.315 e. The summed E-state index contributed by atoms with van der Waals surface area (Å²) in [5, 5.41) is 11.4. The standard InChI is InChI=1S/C15H18N6O2S/c1-7(2)11-12(24-19-17-11)14(22)16-13-10-9(21(5)18-13)6-8(3)20(4)15(10)23/h6-7H,1-5H3,(H,16,18,22). The number of nitrogens with zero attached hydrogens (tertiary/aromatic N) is 5. The Morgan fingerprint density at radius 3 is 2.71 bits per heavy atom. The zero-order valence-electron chi connectivity index (χ0n) is 14.1. The zero-order chi connectivity index (χ0) is 17.6. The Hall–Kier alpha value is -2.55. The molecule has 0 aliphatic carbocycles. The van der Waals surface area contributed by atoms with Crippen LogP contribution in [0.1, 0.15) is 40.8 Å². The van der Waals surface area contributed by atoms with Crippen LogP contribution in [0.15, 0.2) is 10.9 Å². The molecule has 3 rings (SSSR count). The second-order valence-corrected chi connectivity index (χ2v) is 6.73. The molecule has 24 heavy (non-hydrogen) atoms. The van der Waals surface area contributed by atoms with Gasteiger partial charge in [0.2, 0.25) is 0 Å². The van der Waals surface area contributed by atoms with Gasteiger partial charge in [0.25, 0.3) is 11.5 Å². The molecular weight excluding hydrogens is 328 g/mol. The number of carbonyl (C=O) groups excluding carboxylic acids is 1. The highest BCUT2D eigenvalue weighted by Gasteiger charge is 2.22. The van der Waals surface area contributed by atoms with Gasteiger partial charge in [-0.25, -0.2) is 0 Å². The molecule has 9 heteroatoms. The van der Waals surface area contributed by atoms with Gasteiger partial charge in [-0.1, -0.05) is 18.3 Å². The van der Waals surface area contributed by atoms with Crippen molar-refractivity contribution < 1.29 is 4.79 Å². The summed E-state index contributed by atoms with van der Waals surface area (Å²) in [6, 6.07) is 1.87. The molecule has 1 N–H and O–H groups in total. The summed E-state index contributed by atoms with van der Waals surface area (Å²) in [6.45, 7) is 5.74. The van der Waals surface area contributed by atoms with Crippen LogP contribution in [-0.4, -0.2) is 29.8 Å². The first-order valence-corrected chi connectivity index (χ1v) is 8.25. The van der Waals surface area contributed by atoms with Gasteiger partial charge in [0.1, 0.15) is 10.3 Å². The van der Waals surface area contributed by atoms with E-state index in [1.54, 1.807) is 18.8 Å². The fraction of sp³-hybridized carbons (Fsp3) is 0.400. The predicted octanol–water partition coefficient (Wildman–Crippen LogP) is 1.81. The van der Waals surface area contributed by atoms with E-state index in [0.29, 0.717) is 21.5 Å². The van der Waals surface area contributed by atoms with E-state index in [9.17, 15) is 9.59 Å². The van der Waals surface area contributed by atoms with Gasteiger partial charge in [-0.15, -0.1) is 5.10 Å². The van der Waals surface area contributed by atoms with E-state index in [4.69, 9.17) is 0 Å². The number of carbonyl (C=O) groups is 1. The lowest BCUT2D eigenvalue weighted by Crippen LogP contribution is -2.20. The number of aromatic nitrogens is 5. The lowest BCUT2D eigenvalue weighted by Gasteiger charge is -2.05. The molecule has 0 aliphatic rings. The molecule has 3 aromatic rings. The number of rotatable bonds is 3. The van der Waals surface area contributed by atoms with Gasteiger partial charge in [-0.2, -0.15) is 5.10 Å². The summed E-state index contributed by atoms with van der Waals surface area (Å²) in [5.74, 6) is -0.0157. The number of anilines is 1. The number of pyridine rings is 1. The quantitative estimate of drug-likeness (QED) is 0.780. The van der Waals surface area contributed by atoms with Crippen molar-refractivity contribution >= 4 is 34.2 Å². The first-order chi connectivity index (χ1) is 11.3. The van der Waals surface area contributed by atoms with Gasteiger partial charge in [0, 0.05) is 19.8 Å². The highest BCUT2D eigenvalue weighted by Crippen LogP contribution is 2.23. The van der Waals surface area contributed by atoms with Gasteiger partial charge >= 0.3 is 0 Å². The second kappa shape index (κ2) is 5.82. The molecule has 0 aromatic carbocycles. The number of hydrogen-bond acceptors (Lipinski definition) is 6. The molecule has 0 radical (unpaired) electrons. The molecule has 3 aromatic heterocycles. The molecule has 8 nitrogen and oxygen atoms in total. The third-order valence-electron chi connectivity index (χ3n) is 3.98. The minimum absolute atomic E-state index is 0.0838. The topological polar surface area (TPSA) is 94.7 Å². The van der Waals surface area contributed by atoms with Crippen LogP contribution < -0.4 is 10.9 Å². The van der Waals surface area contributed by atoms with Crippen molar-refractivity contribution in [2.45, 2.75) is 26.7 Å². The zero-order valence-corrected chi connectivity index (χ0v) is 14.9. The molecule has 0 unspecified atom stereocenters. The molecular formula is C15H18N6O2S. The maximum Gasteiger partial charge on any atom is 0.270 e. The minimum Gasteiger partial charge on any atom is -0.315 e. The molecule has 0 saturated heterocycles. The predicted molar refractivity (Wildman–Crippen MR) is 92.6 cm³/mol. The molecule has 0 saturated carbocycles. The second-order valence-electron chi connectivity index (χ2n) is 5.98. The minimum atomic E-state index is -0.351. The molecule has 0 fully saturated rings. The normalized spacial score (nSPS) is 11.4. The average molecular weight is 346 g/mol. The molecule has 126 valence electrons. The Morgan fingerprint density at radius 2 is 2.04 bits per heavy atom. The van der Waals surface area contributed by atoms with E-state index in [1.165, 1.54) is 4.57 Å². The summed E-state index contributed by atoms with van der Waals surface area (Å²) >= 11 is 1.04. The van der Waals surface area contributed by atoms with Crippen LogP contribution in [0.3, 0.4) is 0 Å². The lowest BCUT2D eigenvalue weighted by molar-refractivity contribution is 0.102. The summed E-state index contributed by atoms with van der Waals surface area (Å²) in [4.78, 5) is 25.6. The molecule has 1 amide bonds. The van der Waals surface area contributed by atoms with Crippen molar-refractivity contribution in [1.29, 1.82) is 0 Å². The smallest absolute Gasteiger partial charge is 0.270 e. The number of amides is 1. The monoisotopic (exact) mass is 346 g/mol. The van der Waals surface area contributed by atoms with Gasteiger partial charge in [0.05, 0.1) is 11.2 Å². The molecule has 0 spiro atoms. The average Bonchev–Trinajstić information content (AvgIpc) is 3.11.